The maximum Gasteiger partial charge on any atom is 0.279 e. The molecule has 0 atom stereocenters. The van der Waals surface area contributed by atoms with Gasteiger partial charge in [0.1, 0.15) is 5.82 Å². The molecule has 0 saturated heterocycles. The molecule has 0 bridgehead atoms. The third-order valence-corrected chi connectivity index (χ3v) is 4.02. The van der Waals surface area contributed by atoms with E-state index in [1.807, 2.05) is 0 Å². The highest BCUT2D eigenvalue weighted by Crippen LogP contribution is 2.33. The van der Waals surface area contributed by atoms with E-state index in [1.165, 1.54) is 25.3 Å². The zero-order valence-corrected chi connectivity index (χ0v) is 15.3. The van der Waals surface area contributed by atoms with Gasteiger partial charge in [-0.3, -0.25) is 9.78 Å². The van der Waals surface area contributed by atoms with E-state index in [2.05, 4.69) is 20.3 Å². The molecule has 0 aliphatic rings. The number of methoxy groups -OCH3 is 1. The highest BCUT2D eigenvalue weighted by molar-refractivity contribution is 6.05. The Morgan fingerprint density at radius 3 is 2.41 bits per heavy atom. The van der Waals surface area contributed by atoms with Crippen LogP contribution >= 0.6 is 0 Å². The van der Waals surface area contributed by atoms with Crippen LogP contribution in [0.2, 0.25) is 0 Å². The van der Waals surface area contributed by atoms with Gasteiger partial charge >= 0.3 is 0 Å². The normalized spacial score (nSPS) is 10.6. The van der Waals surface area contributed by atoms with Gasteiger partial charge in [-0.1, -0.05) is 12.1 Å². The zero-order chi connectivity index (χ0) is 20.2. The van der Waals surface area contributed by atoms with Gasteiger partial charge in [-0.05, 0) is 36.4 Å². The predicted molar refractivity (Wildman–Crippen MR) is 105 cm³/mol. The van der Waals surface area contributed by atoms with E-state index in [0.717, 1.165) is 0 Å². The molecule has 2 aromatic carbocycles. The lowest BCUT2D eigenvalue weighted by Crippen LogP contribution is -2.16. The first-order valence-electron chi connectivity index (χ1n) is 8.63. The fourth-order valence-corrected chi connectivity index (χ4v) is 2.66. The third-order valence-electron chi connectivity index (χ3n) is 4.02. The molecule has 7 nitrogen and oxygen atoms in total. The Morgan fingerprint density at radius 1 is 0.966 bits per heavy atom. The fourth-order valence-electron chi connectivity index (χ4n) is 2.66. The van der Waals surface area contributed by atoms with Crippen molar-refractivity contribution in [3.63, 3.8) is 0 Å². The quantitative estimate of drug-likeness (QED) is 0.549. The summed E-state index contributed by atoms with van der Waals surface area (Å²) in [5, 5.41) is 2.73. The van der Waals surface area contributed by atoms with Gasteiger partial charge in [0.15, 0.2) is 17.2 Å². The van der Waals surface area contributed by atoms with Crippen molar-refractivity contribution in [1.29, 1.82) is 0 Å². The molecule has 0 saturated carbocycles. The standard InChI is InChI=1S/C21H15FN4O3/c1-28-18-12-13(22)6-7-17(18)29-21-19(20(27)24-14-8-10-23-11-9-14)25-15-4-2-3-5-16(15)26-21/h2-12H,1H3,(H,23,24,27). The van der Waals surface area contributed by atoms with Crippen molar-refractivity contribution in [2.24, 2.45) is 0 Å². The summed E-state index contributed by atoms with van der Waals surface area (Å²) in [6.07, 6.45) is 3.12. The number of nitrogens with one attached hydrogen (secondary N) is 1. The fraction of sp³-hybridized carbons (Fsp3) is 0.0476. The largest absolute Gasteiger partial charge is 0.493 e. The van der Waals surface area contributed by atoms with E-state index >= 15 is 0 Å². The van der Waals surface area contributed by atoms with Crippen molar-refractivity contribution in [2.75, 3.05) is 12.4 Å². The van der Waals surface area contributed by atoms with Crippen LogP contribution in [0.15, 0.2) is 67.0 Å². The maximum atomic E-state index is 13.5. The Hall–Kier alpha value is -4.07. The van der Waals surface area contributed by atoms with Crippen LogP contribution in [0.1, 0.15) is 10.5 Å². The Balaban J connectivity index is 1.77. The highest BCUT2D eigenvalue weighted by Gasteiger charge is 2.20. The topological polar surface area (TPSA) is 86.2 Å². The van der Waals surface area contributed by atoms with Gasteiger partial charge in [-0.2, -0.15) is 0 Å². The zero-order valence-electron chi connectivity index (χ0n) is 15.3. The summed E-state index contributed by atoms with van der Waals surface area (Å²) in [6.45, 7) is 0. The monoisotopic (exact) mass is 390 g/mol. The van der Waals surface area contributed by atoms with Crippen LogP contribution in [0.5, 0.6) is 17.4 Å². The number of rotatable bonds is 5. The third kappa shape index (κ3) is 3.96. The van der Waals surface area contributed by atoms with Crippen LogP contribution in [0.25, 0.3) is 11.0 Å². The van der Waals surface area contributed by atoms with Gasteiger partial charge in [0.25, 0.3) is 11.8 Å². The van der Waals surface area contributed by atoms with Gasteiger partial charge in [-0.15, -0.1) is 0 Å². The van der Waals surface area contributed by atoms with Crippen LogP contribution in [0.4, 0.5) is 10.1 Å². The van der Waals surface area contributed by atoms with Crippen molar-refractivity contribution in [2.45, 2.75) is 0 Å². The van der Waals surface area contributed by atoms with E-state index in [0.29, 0.717) is 16.7 Å². The smallest absolute Gasteiger partial charge is 0.279 e. The van der Waals surface area contributed by atoms with Gasteiger partial charge in [-0.25, -0.2) is 14.4 Å². The number of carbonyl (C=O) groups is 1. The first-order valence-corrected chi connectivity index (χ1v) is 8.63. The minimum absolute atomic E-state index is 0.0214. The number of aromatic nitrogens is 3. The Labute approximate surface area is 165 Å². The molecular formula is C21H15FN4O3. The van der Waals surface area contributed by atoms with Crippen LogP contribution in [0, 0.1) is 5.82 Å². The number of benzene rings is 2. The molecule has 8 heteroatoms. The Kier molecular flexibility index (Phi) is 4.98. The lowest BCUT2D eigenvalue weighted by Gasteiger charge is -2.13. The summed E-state index contributed by atoms with van der Waals surface area (Å²) in [4.78, 5) is 25.6. The van der Waals surface area contributed by atoms with Gasteiger partial charge in [0.2, 0.25) is 0 Å². The lowest BCUT2D eigenvalue weighted by atomic mass is 10.2. The molecule has 1 amide bonds. The van der Waals surface area contributed by atoms with Crippen LogP contribution in [-0.2, 0) is 0 Å². The number of nitrogens with zero attached hydrogens (tertiary/aromatic N) is 3. The number of hydrogen-bond acceptors (Lipinski definition) is 6. The number of fused-ring (bicyclic) bond motifs is 1. The van der Waals surface area contributed by atoms with Crippen molar-refractivity contribution < 1.29 is 18.7 Å². The number of carbonyl (C=O) groups excluding carboxylic acids is 1. The number of pyridine rings is 1. The second kappa shape index (κ2) is 7.89. The van der Waals surface area contributed by atoms with Crippen LogP contribution in [-0.4, -0.2) is 28.0 Å². The van der Waals surface area contributed by atoms with Crippen LogP contribution in [0.3, 0.4) is 0 Å². The van der Waals surface area contributed by atoms with E-state index in [1.54, 1.807) is 48.8 Å². The predicted octanol–water partition coefficient (Wildman–Crippen LogP) is 4.22. The Morgan fingerprint density at radius 2 is 1.69 bits per heavy atom. The minimum Gasteiger partial charge on any atom is -0.493 e. The van der Waals surface area contributed by atoms with Crippen molar-refractivity contribution in [1.82, 2.24) is 15.0 Å². The molecule has 0 spiro atoms. The molecule has 0 aliphatic carbocycles. The lowest BCUT2D eigenvalue weighted by molar-refractivity contribution is 0.101. The number of para-hydroxylation sites is 2. The number of hydrogen-bond donors (Lipinski definition) is 1. The second-order valence-electron chi connectivity index (χ2n) is 5.95. The van der Waals surface area contributed by atoms with E-state index in [4.69, 9.17) is 9.47 Å². The van der Waals surface area contributed by atoms with Crippen molar-refractivity contribution in [3.8, 4) is 17.4 Å². The number of ether oxygens (including phenoxy) is 2. The highest BCUT2D eigenvalue weighted by atomic mass is 19.1. The molecule has 1 N–H and O–H groups in total. The first-order chi connectivity index (χ1) is 14.1. The molecule has 2 heterocycles. The molecule has 0 fully saturated rings. The molecular weight excluding hydrogens is 375 g/mol. The molecule has 0 radical (unpaired) electrons. The summed E-state index contributed by atoms with van der Waals surface area (Å²) in [7, 11) is 1.39. The van der Waals surface area contributed by atoms with Gasteiger partial charge in [0.05, 0.1) is 18.1 Å². The van der Waals surface area contributed by atoms with Gasteiger partial charge in [0, 0.05) is 24.1 Å². The molecule has 4 rings (SSSR count). The summed E-state index contributed by atoms with van der Waals surface area (Å²) in [5.74, 6) is -0.642. The summed E-state index contributed by atoms with van der Waals surface area (Å²) in [5.41, 5.74) is 1.60. The maximum absolute atomic E-state index is 13.5. The van der Waals surface area contributed by atoms with Gasteiger partial charge < -0.3 is 14.8 Å². The second-order valence-corrected chi connectivity index (χ2v) is 5.95. The number of halogens is 1. The Bertz CT molecular complexity index is 1190. The molecule has 2 aromatic heterocycles. The van der Waals surface area contributed by atoms with Crippen molar-refractivity contribution >= 4 is 22.6 Å². The molecule has 0 aliphatic heterocycles. The number of amides is 1. The average molecular weight is 390 g/mol. The van der Waals surface area contributed by atoms with E-state index in [9.17, 15) is 9.18 Å². The van der Waals surface area contributed by atoms with E-state index in [-0.39, 0.29) is 23.1 Å². The van der Waals surface area contributed by atoms with Crippen molar-refractivity contribution in [3.05, 3.63) is 78.5 Å². The summed E-state index contributed by atoms with van der Waals surface area (Å²) >= 11 is 0. The first kappa shape index (κ1) is 18.3. The summed E-state index contributed by atoms with van der Waals surface area (Å²) in [6, 6.07) is 14.2. The van der Waals surface area contributed by atoms with Crippen LogP contribution < -0.4 is 14.8 Å². The minimum atomic E-state index is -0.509. The molecule has 144 valence electrons. The number of anilines is 1. The molecule has 4 aromatic rings. The van der Waals surface area contributed by atoms with E-state index < -0.39 is 11.7 Å². The SMILES string of the molecule is COc1cc(F)ccc1Oc1nc2ccccc2nc1C(=O)Nc1ccncc1. The molecule has 29 heavy (non-hydrogen) atoms. The summed E-state index contributed by atoms with van der Waals surface area (Å²) < 4.78 is 24.5. The molecule has 0 unspecified atom stereocenters. The average Bonchev–Trinajstić information content (AvgIpc) is 2.75.